The highest BCUT2D eigenvalue weighted by Crippen LogP contribution is 2.17. The average molecular weight is 277 g/mol. The van der Waals surface area contributed by atoms with Gasteiger partial charge in [-0.25, -0.2) is 4.79 Å². The van der Waals surface area contributed by atoms with Crippen molar-refractivity contribution in [2.24, 2.45) is 5.73 Å². The van der Waals surface area contributed by atoms with E-state index in [0.717, 1.165) is 30.7 Å². The Morgan fingerprint density at radius 3 is 3.05 bits per heavy atom. The van der Waals surface area contributed by atoms with E-state index in [1.807, 2.05) is 31.2 Å². The number of aryl methyl sites for hydroxylation is 1. The van der Waals surface area contributed by atoms with E-state index >= 15 is 0 Å². The Labute approximate surface area is 120 Å². The fraction of sp³-hybridized carbons (Fsp3) is 0.533. The molecule has 1 aromatic carbocycles. The maximum Gasteiger partial charge on any atom is 0.322 e. The summed E-state index contributed by atoms with van der Waals surface area (Å²) in [4.78, 5) is 14.2. The molecule has 1 unspecified atom stereocenters. The highest BCUT2D eigenvalue weighted by Gasteiger charge is 2.22. The Bertz CT molecular complexity index is 444. The van der Waals surface area contributed by atoms with E-state index in [4.69, 9.17) is 10.5 Å². The van der Waals surface area contributed by atoms with Crippen molar-refractivity contribution in [3.8, 4) is 0 Å². The Kier molecular flexibility index (Phi) is 5.38. The first-order valence-corrected chi connectivity index (χ1v) is 7.13. The molecular weight excluding hydrogens is 254 g/mol. The van der Waals surface area contributed by atoms with Gasteiger partial charge < -0.3 is 15.8 Å². The number of anilines is 1. The van der Waals surface area contributed by atoms with E-state index in [2.05, 4.69) is 5.32 Å². The van der Waals surface area contributed by atoms with Crippen LogP contribution in [0.15, 0.2) is 24.3 Å². The van der Waals surface area contributed by atoms with E-state index in [1.165, 1.54) is 0 Å². The second-order valence-corrected chi connectivity index (χ2v) is 5.14. The molecule has 1 atom stereocenters. The molecule has 1 fully saturated rings. The van der Waals surface area contributed by atoms with Crippen LogP contribution in [-0.2, 0) is 4.74 Å². The van der Waals surface area contributed by atoms with Gasteiger partial charge in [-0.1, -0.05) is 12.1 Å². The molecule has 20 heavy (non-hydrogen) atoms. The highest BCUT2D eigenvalue weighted by molar-refractivity contribution is 5.92. The van der Waals surface area contributed by atoms with Crippen LogP contribution >= 0.6 is 0 Å². The van der Waals surface area contributed by atoms with Crippen LogP contribution in [0.5, 0.6) is 0 Å². The topological polar surface area (TPSA) is 67.6 Å². The second kappa shape index (κ2) is 7.26. The fourth-order valence-electron chi connectivity index (χ4n) is 2.29. The summed E-state index contributed by atoms with van der Waals surface area (Å²) in [7, 11) is 0. The maximum atomic E-state index is 12.4. The summed E-state index contributed by atoms with van der Waals surface area (Å²) in [6, 6.07) is 8.00. The number of amides is 2. The number of rotatable bonds is 5. The van der Waals surface area contributed by atoms with Crippen molar-refractivity contribution in [1.82, 2.24) is 5.32 Å². The van der Waals surface area contributed by atoms with Crippen LogP contribution < -0.4 is 16.0 Å². The predicted molar refractivity (Wildman–Crippen MR) is 80.0 cm³/mol. The number of benzene rings is 1. The van der Waals surface area contributed by atoms with E-state index in [-0.39, 0.29) is 12.1 Å². The minimum Gasteiger partial charge on any atom is -0.379 e. The monoisotopic (exact) mass is 277 g/mol. The molecule has 1 aromatic rings. The van der Waals surface area contributed by atoms with Crippen LogP contribution in [0.4, 0.5) is 10.5 Å². The minimum atomic E-state index is -0.0699. The molecule has 3 N–H and O–H groups in total. The van der Waals surface area contributed by atoms with E-state index < -0.39 is 0 Å². The SMILES string of the molecule is Cc1cccc(N(CCCN)C(=O)NC2CCOC2)c1. The van der Waals surface area contributed by atoms with Gasteiger partial charge in [-0.3, -0.25) is 4.90 Å². The molecule has 110 valence electrons. The first kappa shape index (κ1) is 14.8. The molecule has 2 rings (SSSR count). The molecule has 2 amide bonds. The summed E-state index contributed by atoms with van der Waals surface area (Å²) in [5, 5.41) is 3.03. The molecule has 0 spiro atoms. The molecule has 0 aliphatic carbocycles. The third kappa shape index (κ3) is 3.95. The second-order valence-electron chi connectivity index (χ2n) is 5.14. The molecule has 1 aliphatic rings. The lowest BCUT2D eigenvalue weighted by molar-refractivity contribution is 0.189. The molecule has 1 saturated heterocycles. The van der Waals surface area contributed by atoms with Gasteiger partial charge >= 0.3 is 6.03 Å². The molecule has 5 nitrogen and oxygen atoms in total. The zero-order valence-corrected chi connectivity index (χ0v) is 12.0. The third-order valence-corrected chi connectivity index (χ3v) is 3.40. The molecule has 0 aromatic heterocycles. The van der Waals surface area contributed by atoms with Crippen LogP contribution in [0.3, 0.4) is 0 Å². The first-order valence-electron chi connectivity index (χ1n) is 7.13. The van der Waals surface area contributed by atoms with Crippen molar-refractivity contribution in [2.75, 3.05) is 31.2 Å². The predicted octanol–water partition coefficient (Wildman–Crippen LogP) is 1.65. The number of hydrogen-bond donors (Lipinski definition) is 2. The van der Waals surface area contributed by atoms with Gasteiger partial charge in [0.2, 0.25) is 0 Å². The number of nitrogens with one attached hydrogen (secondary N) is 1. The van der Waals surface area contributed by atoms with Crippen LogP contribution in [0.2, 0.25) is 0 Å². The summed E-state index contributed by atoms with van der Waals surface area (Å²) >= 11 is 0. The van der Waals surface area contributed by atoms with Crippen LogP contribution in [0.25, 0.3) is 0 Å². The van der Waals surface area contributed by atoms with Gasteiger partial charge in [-0.05, 0) is 44.0 Å². The normalized spacial score (nSPS) is 18.0. The number of nitrogens with zero attached hydrogens (tertiary/aromatic N) is 1. The summed E-state index contributed by atoms with van der Waals surface area (Å²) in [6.45, 7) is 4.54. The van der Waals surface area contributed by atoms with Crippen molar-refractivity contribution >= 4 is 11.7 Å². The lowest BCUT2D eigenvalue weighted by Crippen LogP contribution is -2.46. The van der Waals surface area contributed by atoms with Crippen molar-refractivity contribution in [1.29, 1.82) is 0 Å². The lowest BCUT2D eigenvalue weighted by atomic mass is 10.2. The van der Waals surface area contributed by atoms with Gasteiger partial charge in [0.05, 0.1) is 12.6 Å². The van der Waals surface area contributed by atoms with Crippen molar-refractivity contribution in [3.63, 3.8) is 0 Å². The Balaban J connectivity index is 2.07. The molecule has 1 aliphatic heterocycles. The zero-order chi connectivity index (χ0) is 14.4. The molecule has 0 bridgehead atoms. The van der Waals surface area contributed by atoms with Gasteiger partial charge in [-0.2, -0.15) is 0 Å². The summed E-state index contributed by atoms with van der Waals surface area (Å²) in [5.74, 6) is 0. The minimum absolute atomic E-state index is 0.0699. The van der Waals surface area contributed by atoms with E-state index in [0.29, 0.717) is 19.7 Å². The largest absolute Gasteiger partial charge is 0.379 e. The number of urea groups is 1. The maximum absolute atomic E-state index is 12.4. The van der Waals surface area contributed by atoms with E-state index in [9.17, 15) is 4.79 Å². The third-order valence-electron chi connectivity index (χ3n) is 3.40. The average Bonchev–Trinajstić information content (AvgIpc) is 2.92. The van der Waals surface area contributed by atoms with Gasteiger partial charge in [-0.15, -0.1) is 0 Å². The number of ether oxygens (including phenoxy) is 1. The quantitative estimate of drug-likeness (QED) is 0.860. The fourth-order valence-corrected chi connectivity index (χ4v) is 2.29. The van der Waals surface area contributed by atoms with E-state index in [1.54, 1.807) is 4.90 Å². The Morgan fingerprint density at radius 2 is 2.40 bits per heavy atom. The van der Waals surface area contributed by atoms with Gasteiger partial charge in [0.15, 0.2) is 0 Å². The molecule has 1 heterocycles. The first-order chi connectivity index (χ1) is 9.70. The van der Waals surface area contributed by atoms with Crippen molar-refractivity contribution in [3.05, 3.63) is 29.8 Å². The Morgan fingerprint density at radius 1 is 1.55 bits per heavy atom. The van der Waals surface area contributed by atoms with Crippen molar-refractivity contribution < 1.29 is 9.53 Å². The molecule has 0 saturated carbocycles. The summed E-state index contributed by atoms with van der Waals surface area (Å²) in [6.07, 6.45) is 1.66. The smallest absolute Gasteiger partial charge is 0.322 e. The van der Waals surface area contributed by atoms with Gasteiger partial charge in [0.1, 0.15) is 0 Å². The summed E-state index contributed by atoms with van der Waals surface area (Å²) < 4.78 is 5.29. The summed E-state index contributed by atoms with van der Waals surface area (Å²) in [5.41, 5.74) is 7.62. The van der Waals surface area contributed by atoms with Crippen LogP contribution in [0.1, 0.15) is 18.4 Å². The number of carbonyl (C=O) groups excluding carboxylic acids is 1. The highest BCUT2D eigenvalue weighted by atomic mass is 16.5. The standard InChI is InChI=1S/C15H23N3O2/c1-12-4-2-5-14(10-12)18(8-3-7-16)15(19)17-13-6-9-20-11-13/h2,4-5,10,13H,3,6-9,11,16H2,1H3,(H,17,19). The van der Waals surface area contributed by atoms with Gasteiger partial charge in [0, 0.05) is 18.8 Å². The molecular formula is C15H23N3O2. The van der Waals surface area contributed by atoms with Crippen molar-refractivity contribution in [2.45, 2.75) is 25.8 Å². The number of hydrogen-bond acceptors (Lipinski definition) is 3. The van der Waals surface area contributed by atoms with Gasteiger partial charge in [0.25, 0.3) is 0 Å². The Hall–Kier alpha value is -1.59. The zero-order valence-electron chi connectivity index (χ0n) is 12.0. The van der Waals surface area contributed by atoms with Crippen LogP contribution in [-0.4, -0.2) is 38.4 Å². The molecule has 0 radical (unpaired) electrons. The number of nitrogens with two attached hydrogens (primary N) is 1. The van der Waals surface area contributed by atoms with Crippen LogP contribution in [0, 0.1) is 6.92 Å². The lowest BCUT2D eigenvalue weighted by Gasteiger charge is -2.25. The number of carbonyl (C=O) groups is 1. The molecule has 5 heteroatoms.